The molecule has 1 atom stereocenters. The molecule has 0 fully saturated rings. The van der Waals surface area contributed by atoms with Gasteiger partial charge in [-0.15, -0.1) is 0 Å². The summed E-state index contributed by atoms with van der Waals surface area (Å²) in [7, 11) is 1.41. The van der Waals surface area contributed by atoms with Crippen molar-refractivity contribution in [3.63, 3.8) is 0 Å². The van der Waals surface area contributed by atoms with E-state index in [2.05, 4.69) is 4.74 Å². The molecule has 168 valence electrons. The molecule has 0 aromatic rings. The van der Waals surface area contributed by atoms with Crippen molar-refractivity contribution in [3.05, 3.63) is 12.2 Å². The second-order valence-electron chi connectivity index (χ2n) is 8.24. The van der Waals surface area contributed by atoms with Gasteiger partial charge in [-0.05, 0) is 37.5 Å². The zero-order valence-electron chi connectivity index (χ0n) is 18.9. The molecular formula is C23H40O6. The molecule has 0 aromatic carbocycles. The van der Waals surface area contributed by atoms with Crippen LogP contribution in [0, 0.1) is 17.8 Å². The molecule has 6 heteroatoms. The zero-order valence-corrected chi connectivity index (χ0v) is 18.9. The number of esters is 3. The number of unbranched alkanes of at least 4 members (excludes halogenated alkanes) is 4. The predicted molar refractivity (Wildman–Crippen MR) is 113 cm³/mol. The van der Waals surface area contributed by atoms with Gasteiger partial charge in [-0.2, -0.15) is 0 Å². The fourth-order valence-electron chi connectivity index (χ4n) is 2.51. The van der Waals surface area contributed by atoms with Crippen LogP contribution in [-0.4, -0.2) is 38.2 Å². The molecule has 0 heterocycles. The van der Waals surface area contributed by atoms with E-state index in [0.29, 0.717) is 26.1 Å². The molecule has 0 aliphatic heterocycles. The third kappa shape index (κ3) is 16.8. The van der Waals surface area contributed by atoms with Crippen LogP contribution in [0.2, 0.25) is 0 Å². The highest BCUT2D eigenvalue weighted by Gasteiger charge is 2.23. The summed E-state index contributed by atoms with van der Waals surface area (Å²) in [5, 5.41) is 0. The normalized spacial score (nSPS) is 12.4. The first kappa shape index (κ1) is 27.1. The van der Waals surface area contributed by atoms with Crippen LogP contribution in [0.15, 0.2) is 12.2 Å². The molecule has 0 saturated heterocycles. The van der Waals surface area contributed by atoms with Crippen LogP contribution in [0.4, 0.5) is 0 Å². The molecule has 0 saturated carbocycles. The van der Waals surface area contributed by atoms with Gasteiger partial charge in [-0.1, -0.05) is 52.7 Å². The van der Waals surface area contributed by atoms with Crippen molar-refractivity contribution in [2.24, 2.45) is 17.8 Å². The zero-order chi connectivity index (χ0) is 22.1. The monoisotopic (exact) mass is 412 g/mol. The summed E-state index contributed by atoms with van der Waals surface area (Å²) in [6.07, 6.45) is 9.79. The fraction of sp³-hybridized carbons (Fsp3) is 0.783. The Labute approximate surface area is 176 Å². The molecule has 29 heavy (non-hydrogen) atoms. The van der Waals surface area contributed by atoms with Gasteiger partial charge in [-0.25, -0.2) is 0 Å². The number of carbonyl (C=O) groups excluding carboxylic acids is 3. The number of ether oxygens (including phenoxy) is 3. The molecule has 0 aliphatic rings. The average Bonchev–Trinajstić information content (AvgIpc) is 2.67. The number of hydrogen-bond acceptors (Lipinski definition) is 6. The Morgan fingerprint density at radius 1 is 0.793 bits per heavy atom. The lowest BCUT2D eigenvalue weighted by atomic mass is 10.0. The van der Waals surface area contributed by atoms with Gasteiger partial charge >= 0.3 is 17.9 Å². The van der Waals surface area contributed by atoms with E-state index >= 15 is 0 Å². The SMILES string of the molecule is COC(=O)CCCCCC/C=C/CC(CC(=O)OCC(C)C)C(=O)OCC(C)C. The molecule has 0 aliphatic carbocycles. The highest BCUT2D eigenvalue weighted by Crippen LogP contribution is 2.15. The summed E-state index contributed by atoms with van der Waals surface area (Å²) >= 11 is 0. The van der Waals surface area contributed by atoms with E-state index in [1.54, 1.807) is 0 Å². The van der Waals surface area contributed by atoms with Gasteiger partial charge in [0.2, 0.25) is 0 Å². The second kappa shape index (κ2) is 17.0. The Morgan fingerprint density at radius 2 is 1.41 bits per heavy atom. The van der Waals surface area contributed by atoms with E-state index in [1.165, 1.54) is 7.11 Å². The number of hydrogen-bond donors (Lipinski definition) is 0. The summed E-state index contributed by atoms with van der Waals surface area (Å²) in [5.74, 6) is -0.853. The Kier molecular flexibility index (Phi) is 16.0. The number of carbonyl (C=O) groups is 3. The van der Waals surface area contributed by atoms with Crippen molar-refractivity contribution in [1.82, 2.24) is 0 Å². The molecule has 0 N–H and O–H groups in total. The number of rotatable bonds is 16. The summed E-state index contributed by atoms with van der Waals surface area (Å²) in [5.41, 5.74) is 0. The molecule has 0 amide bonds. The van der Waals surface area contributed by atoms with Crippen LogP contribution < -0.4 is 0 Å². The molecule has 0 spiro atoms. The standard InChI is InChI=1S/C23H40O6/c1-18(2)16-28-22(25)15-20(23(26)29-17-19(3)4)13-11-9-7-6-8-10-12-14-21(24)27-5/h9,11,18-20H,6-8,10,12-17H2,1-5H3/b11-9+. The molecule has 6 nitrogen and oxygen atoms in total. The van der Waals surface area contributed by atoms with Crippen molar-refractivity contribution in [3.8, 4) is 0 Å². The van der Waals surface area contributed by atoms with Crippen molar-refractivity contribution in [2.45, 2.75) is 79.1 Å². The van der Waals surface area contributed by atoms with E-state index in [-0.39, 0.29) is 36.2 Å². The van der Waals surface area contributed by atoms with Crippen molar-refractivity contribution >= 4 is 17.9 Å². The van der Waals surface area contributed by atoms with Crippen molar-refractivity contribution < 1.29 is 28.6 Å². The highest BCUT2D eigenvalue weighted by molar-refractivity contribution is 5.80. The van der Waals surface area contributed by atoms with Crippen molar-refractivity contribution in [2.75, 3.05) is 20.3 Å². The van der Waals surface area contributed by atoms with Gasteiger partial charge in [-0.3, -0.25) is 14.4 Å². The largest absolute Gasteiger partial charge is 0.469 e. The van der Waals surface area contributed by atoms with Crippen LogP contribution in [0.25, 0.3) is 0 Å². The molecular weight excluding hydrogens is 372 g/mol. The minimum atomic E-state index is -0.510. The Balaban J connectivity index is 4.30. The molecule has 0 rings (SSSR count). The molecule has 0 radical (unpaired) electrons. The van der Waals surface area contributed by atoms with E-state index < -0.39 is 5.92 Å². The van der Waals surface area contributed by atoms with Gasteiger partial charge in [0.1, 0.15) is 0 Å². The van der Waals surface area contributed by atoms with Crippen LogP contribution in [0.5, 0.6) is 0 Å². The van der Waals surface area contributed by atoms with E-state index in [1.807, 2.05) is 39.8 Å². The molecule has 0 aromatic heterocycles. The topological polar surface area (TPSA) is 78.9 Å². The van der Waals surface area contributed by atoms with Gasteiger partial charge in [0.15, 0.2) is 0 Å². The first-order valence-electron chi connectivity index (χ1n) is 10.8. The minimum absolute atomic E-state index is 0.0432. The smallest absolute Gasteiger partial charge is 0.309 e. The third-order valence-corrected chi connectivity index (χ3v) is 4.20. The van der Waals surface area contributed by atoms with Crippen LogP contribution in [0.3, 0.4) is 0 Å². The van der Waals surface area contributed by atoms with E-state index in [4.69, 9.17) is 9.47 Å². The fourth-order valence-corrected chi connectivity index (χ4v) is 2.51. The highest BCUT2D eigenvalue weighted by atomic mass is 16.5. The second-order valence-corrected chi connectivity index (χ2v) is 8.24. The van der Waals surface area contributed by atoms with Gasteiger partial charge in [0, 0.05) is 6.42 Å². The van der Waals surface area contributed by atoms with Crippen LogP contribution in [-0.2, 0) is 28.6 Å². The maximum Gasteiger partial charge on any atom is 0.309 e. The summed E-state index contributed by atoms with van der Waals surface area (Å²) in [4.78, 5) is 35.4. The van der Waals surface area contributed by atoms with Gasteiger partial charge in [0.05, 0.1) is 32.7 Å². The van der Waals surface area contributed by atoms with Gasteiger partial charge < -0.3 is 14.2 Å². The number of allylic oxidation sites excluding steroid dienone is 2. The lowest BCUT2D eigenvalue weighted by Gasteiger charge is -2.15. The van der Waals surface area contributed by atoms with Gasteiger partial charge in [0.25, 0.3) is 0 Å². The minimum Gasteiger partial charge on any atom is -0.469 e. The molecule has 0 bridgehead atoms. The first-order chi connectivity index (χ1) is 13.8. The Morgan fingerprint density at radius 3 is 2.03 bits per heavy atom. The lowest BCUT2D eigenvalue weighted by molar-refractivity contribution is -0.156. The average molecular weight is 413 g/mol. The van der Waals surface area contributed by atoms with E-state index in [0.717, 1.165) is 32.1 Å². The van der Waals surface area contributed by atoms with Crippen molar-refractivity contribution in [1.29, 1.82) is 0 Å². The predicted octanol–water partition coefficient (Wildman–Crippen LogP) is 4.85. The molecule has 1 unspecified atom stereocenters. The maximum absolute atomic E-state index is 12.3. The summed E-state index contributed by atoms with van der Waals surface area (Å²) in [6.45, 7) is 8.61. The Bertz CT molecular complexity index is 496. The number of methoxy groups -OCH3 is 1. The first-order valence-corrected chi connectivity index (χ1v) is 10.8. The van der Waals surface area contributed by atoms with E-state index in [9.17, 15) is 14.4 Å². The summed E-state index contributed by atoms with van der Waals surface area (Å²) in [6, 6.07) is 0. The maximum atomic E-state index is 12.3. The van der Waals surface area contributed by atoms with Crippen LogP contribution >= 0.6 is 0 Å². The van der Waals surface area contributed by atoms with Crippen LogP contribution in [0.1, 0.15) is 79.1 Å². The summed E-state index contributed by atoms with van der Waals surface area (Å²) < 4.78 is 15.2. The third-order valence-electron chi connectivity index (χ3n) is 4.20. The lowest BCUT2D eigenvalue weighted by Crippen LogP contribution is -2.24. The Hall–Kier alpha value is -1.85. The quantitative estimate of drug-likeness (QED) is 0.156.